The van der Waals surface area contributed by atoms with Crippen LogP contribution in [0.25, 0.3) is 0 Å². The summed E-state index contributed by atoms with van der Waals surface area (Å²) in [6, 6.07) is 6.63. The maximum Gasteiger partial charge on any atom is 0.270 e. The molecule has 204 valence electrons. The van der Waals surface area contributed by atoms with Gasteiger partial charge in [0.25, 0.3) is 5.91 Å². The van der Waals surface area contributed by atoms with Crippen molar-refractivity contribution in [3.63, 3.8) is 0 Å². The lowest BCUT2D eigenvalue weighted by molar-refractivity contribution is -0.136. The molecule has 2 N–H and O–H groups in total. The van der Waals surface area contributed by atoms with Gasteiger partial charge < -0.3 is 20.2 Å². The van der Waals surface area contributed by atoms with Crippen molar-refractivity contribution >= 4 is 39.0 Å². The van der Waals surface area contributed by atoms with Crippen LogP contribution in [0, 0.1) is 17.8 Å². The Morgan fingerprint density at radius 2 is 1.89 bits per heavy atom. The fourth-order valence-corrected chi connectivity index (χ4v) is 8.52. The monoisotopic (exact) mass is 559 g/mol. The summed E-state index contributed by atoms with van der Waals surface area (Å²) in [7, 11) is -3.33. The molecular weight excluding hydrogens is 526 g/mol. The molecule has 4 bridgehead atoms. The van der Waals surface area contributed by atoms with E-state index in [1.165, 1.54) is 12.3 Å². The van der Waals surface area contributed by atoms with Gasteiger partial charge in [0.1, 0.15) is 5.69 Å². The van der Waals surface area contributed by atoms with Gasteiger partial charge in [-0.2, -0.15) is 0 Å². The third kappa shape index (κ3) is 4.75. The summed E-state index contributed by atoms with van der Waals surface area (Å²) in [5, 5.41) is 14.5. The molecule has 2 aromatic rings. The van der Waals surface area contributed by atoms with Crippen LogP contribution in [0.1, 0.15) is 49.5 Å². The minimum absolute atomic E-state index is 0.0397. The Kier molecular flexibility index (Phi) is 6.35. The molecular formula is C27H34ClN5O4S. The topological polar surface area (TPSA) is 116 Å². The van der Waals surface area contributed by atoms with E-state index in [-0.39, 0.29) is 22.9 Å². The number of aliphatic hydroxyl groups is 1. The number of amides is 1. The van der Waals surface area contributed by atoms with Crippen LogP contribution in [0.5, 0.6) is 0 Å². The summed E-state index contributed by atoms with van der Waals surface area (Å²) in [5.41, 5.74) is 0.620. The summed E-state index contributed by atoms with van der Waals surface area (Å²) in [5.74, 6) is 1.60. The van der Waals surface area contributed by atoms with Gasteiger partial charge in [-0.1, -0.05) is 11.6 Å². The van der Waals surface area contributed by atoms with Gasteiger partial charge in [-0.3, -0.25) is 4.79 Å². The molecule has 1 aromatic heterocycles. The van der Waals surface area contributed by atoms with E-state index in [0.717, 1.165) is 37.8 Å². The van der Waals surface area contributed by atoms with Crippen molar-refractivity contribution in [3.05, 3.63) is 41.2 Å². The summed E-state index contributed by atoms with van der Waals surface area (Å²) in [4.78, 5) is 26.8. The van der Waals surface area contributed by atoms with Crippen molar-refractivity contribution < 1.29 is 18.3 Å². The number of nitrogens with one attached hydrogen (secondary N) is 1. The van der Waals surface area contributed by atoms with Crippen LogP contribution in [0.2, 0.25) is 5.02 Å². The zero-order valence-corrected chi connectivity index (χ0v) is 23.2. The van der Waals surface area contributed by atoms with E-state index in [4.69, 9.17) is 11.6 Å². The highest BCUT2D eigenvalue weighted by Gasteiger charge is 2.55. The maximum atomic E-state index is 13.3. The first kappa shape index (κ1) is 25.8. The zero-order chi connectivity index (χ0) is 26.8. The Bertz CT molecular complexity index is 1350. The number of hydrogen-bond acceptors (Lipinski definition) is 8. The number of nitrogens with zero attached hydrogens (tertiary/aromatic N) is 4. The van der Waals surface area contributed by atoms with Crippen LogP contribution in [0.4, 0.5) is 11.6 Å². The van der Waals surface area contributed by atoms with E-state index in [1.54, 1.807) is 24.4 Å². The molecule has 2 unspecified atom stereocenters. The van der Waals surface area contributed by atoms with Crippen LogP contribution in [0.15, 0.2) is 35.4 Å². The third-order valence-electron chi connectivity index (χ3n) is 8.99. The molecule has 0 radical (unpaired) electrons. The molecule has 7 rings (SSSR count). The quantitative estimate of drug-likeness (QED) is 0.574. The predicted octanol–water partition coefficient (Wildman–Crippen LogP) is 2.92. The molecule has 11 heteroatoms. The average Bonchev–Trinajstić information content (AvgIpc) is 2.84. The Morgan fingerprint density at radius 3 is 2.53 bits per heavy atom. The number of carbonyl (C=O) groups excluding carboxylic acids is 1. The molecule has 1 amide bonds. The van der Waals surface area contributed by atoms with Crippen molar-refractivity contribution in [1.82, 2.24) is 15.3 Å². The molecule has 38 heavy (non-hydrogen) atoms. The van der Waals surface area contributed by atoms with Gasteiger partial charge in [-0.05, 0) is 81.0 Å². The molecule has 3 atom stereocenters. The van der Waals surface area contributed by atoms with Crippen molar-refractivity contribution in [2.75, 3.05) is 35.7 Å². The maximum absolute atomic E-state index is 13.3. The average molecular weight is 560 g/mol. The number of rotatable bonds is 5. The Hall–Kier alpha value is -2.43. The molecule has 4 aliphatic carbocycles. The minimum atomic E-state index is -3.33. The summed E-state index contributed by atoms with van der Waals surface area (Å²) in [6.45, 7) is 3.99. The third-order valence-corrected chi connectivity index (χ3v) is 10.4. The van der Waals surface area contributed by atoms with Gasteiger partial charge in [0.2, 0.25) is 5.95 Å². The molecule has 4 saturated carbocycles. The van der Waals surface area contributed by atoms with E-state index in [1.807, 2.05) is 0 Å². The molecule has 0 spiro atoms. The fourth-order valence-electron chi connectivity index (χ4n) is 7.50. The number of halogens is 1. The highest BCUT2D eigenvalue weighted by atomic mass is 35.5. The molecule has 1 aromatic carbocycles. The van der Waals surface area contributed by atoms with E-state index < -0.39 is 15.4 Å². The van der Waals surface area contributed by atoms with Crippen molar-refractivity contribution in [2.45, 2.75) is 61.6 Å². The van der Waals surface area contributed by atoms with Crippen LogP contribution < -0.4 is 15.1 Å². The van der Waals surface area contributed by atoms with Crippen LogP contribution in [0.3, 0.4) is 0 Å². The van der Waals surface area contributed by atoms with E-state index in [2.05, 4.69) is 32.0 Å². The summed E-state index contributed by atoms with van der Waals surface area (Å²) < 4.78 is 23.7. The highest BCUT2D eigenvalue weighted by molar-refractivity contribution is 7.90. The normalized spacial score (nSPS) is 32.5. The fraction of sp³-hybridized carbons (Fsp3) is 0.593. The van der Waals surface area contributed by atoms with Crippen LogP contribution in [-0.4, -0.2) is 73.0 Å². The van der Waals surface area contributed by atoms with E-state index in [0.29, 0.717) is 54.1 Å². The lowest BCUT2D eigenvalue weighted by Crippen LogP contribution is -2.61. The van der Waals surface area contributed by atoms with Crippen molar-refractivity contribution in [3.8, 4) is 0 Å². The van der Waals surface area contributed by atoms with E-state index in [9.17, 15) is 18.3 Å². The number of aromatic nitrogens is 2. The lowest BCUT2D eigenvalue weighted by Gasteiger charge is -2.58. The van der Waals surface area contributed by atoms with E-state index >= 15 is 0 Å². The van der Waals surface area contributed by atoms with Gasteiger partial charge in [0.15, 0.2) is 9.84 Å². The molecule has 9 nitrogen and oxygen atoms in total. The standard InChI is InChI=1S/C27H34ClN5O4S/c1-16-15-32(23-4-3-20(11-21(23)28)38(2,36)37)7-8-33(16)26-29-6-5-22(30-26)25(34)31-24-18-9-17-10-19(24)14-27(35,12-17)13-18/h3-6,11,16-19,24,35H,7-10,12-15H2,1-2H3,(H,31,34)/t16-,17?,18?,19?,24-,27-/m1/s1. The zero-order valence-electron chi connectivity index (χ0n) is 21.7. The van der Waals surface area contributed by atoms with Crippen LogP contribution in [-0.2, 0) is 9.84 Å². The second kappa shape index (κ2) is 9.34. The van der Waals surface area contributed by atoms with Gasteiger partial charge in [-0.15, -0.1) is 0 Å². The minimum Gasteiger partial charge on any atom is -0.390 e. The largest absolute Gasteiger partial charge is 0.390 e. The molecule has 1 saturated heterocycles. The number of piperazine rings is 1. The Labute approximate surface area is 228 Å². The lowest BCUT2D eigenvalue weighted by atomic mass is 9.52. The van der Waals surface area contributed by atoms with Crippen LogP contribution >= 0.6 is 11.6 Å². The second-order valence-electron chi connectivity index (χ2n) is 11.8. The number of benzene rings is 1. The number of carbonyl (C=O) groups is 1. The first-order valence-corrected chi connectivity index (χ1v) is 15.6. The van der Waals surface area contributed by atoms with Gasteiger partial charge in [0.05, 0.1) is 21.2 Å². The molecule has 5 fully saturated rings. The highest BCUT2D eigenvalue weighted by Crippen LogP contribution is 2.55. The molecule has 1 aliphatic heterocycles. The Balaban J connectivity index is 1.13. The smallest absolute Gasteiger partial charge is 0.270 e. The van der Waals surface area contributed by atoms with Gasteiger partial charge in [-0.25, -0.2) is 18.4 Å². The summed E-state index contributed by atoms with van der Waals surface area (Å²) in [6.07, 6.45) is 7.45. The number of hydrogen-bond donors (Lipinski definition) is 2. The number of sulfone groups is 1. The second-order valence-corrected chi connectivity index (χ2v) is 14.2. The summed E-state index contributed by atoms with van der Waals surface area (Å²) >= 11 is 6.46. The Morgan fingerprint density at radius 1 is 1.16 bits per heavy atom. The molecule has 2 heterocycles. The first-order valence-electron chi connectivity index (χ1n) is 13.4. The molecule has 5 aliphatic rings. The SMILES string of the molecule is C[C@@H]1CN(c2ccc(S(C)(=O)=O)cc2Cl)CCN1c1nccc(C(=O)N[C@H]2C3CC4CC2C[C@](O)(C4)C3)n1. The van der Waals surface area contributed by atoms with Gasteiger partial charge in [0, 0.05) is 44.2 Å². The first-order chi connectivity index (χ1) is 18.0. The van der Waals surface area contributed by atoms with Crippen molar-refractivity contribution in [1.29, 1.82) is 0 Å². The number of anilines is 2. The predicted molar refractivity (Wildman–Crippen MR) is 145 cm³/mol. The van der Waals surface area contributed by atoms with Crippen molar-refractivity contribution in [2.24, 2.45) is 17.8 Å². The van der Waals surface area contributed by atoms with Gasteiger partial charge >= 0.3 is 0 Å².